The molecule has 0 spiro atoms. The zero-order valence-electron chi connectivity index (χ0n) is 11.9. The van der Waals surface area contributed by atoms with Crippen LogP contribution in [-0.4, -0.2) is 38.6 Å². The molecule has 1 aromatic heterocycles. The molecule has 6 nitrogen and oxygen atoms in total. The summed E-state index contributed by atoms with van der Waals surface area (Å²) in [5.41, 5.74) is 0.535. The Hall–Kier alpha value is -1.86. The monoisotopic (exact) mass is 276 g/mol. The summed E-state index contributed by atoms with van der Waals surface area (Å²) in [5, 5.41) is 23.7. The molecule has 0 aliphatic rings. The van der Waals surface area contributed by atoms with Gasteiger partial charge in [-0.25, -0.2) is 4.79 Å². The van der Waals surface area contributed by atoms with Gasteiger partial charge in [0, 0.05) is 10.8 Å². The van der Waals surface area contributed by atoms with Crippen molar-refractivity contribution in [3.8, 4) is 0 Å². The van der Waals surface area contributed by atoms with Gasteiger partial charge in [-0.15, -0.1) is 0 Å². The summed E-state index contributed by atoms with van der Waals surface area (Å²) in [4.78, 5) is 12.2. The molecule has 0 aliphatic carbocycles. The van der Waals surface area contributed by atoms with Gasteiger partial charge in [-0.05, 0) is 27.7 Å². The molecule has 0 saturated heterocycles. The molecule has 0 saturated carbocycles. The number of aromatic nitrogens is 2. The Morgan fingerprint density at radius 2 is 2.00 bits per heavy atom. The van der Waals surface area contributed by atoms with Gasteiger partial charge in [-0.1, -0.05) is 18.2 Å². The molecule has 0 radical (unpaired) electrons. The lowest BCUT2D eigenvalue weighted by molar-refractivity contribution is 0.0522. The first-order valence-corrected chi connectivity index (χ1v) is 6.28. The predicted molar refractivity (Wildman–Crippen MR) is 75.9 cm³/mol. The van der Waals surface area contributed by atoms with Crippen molar-refractivity contribution >= 4 is 29.6 Å². The Balaban J connectivity index is 2.62. The highest BCUT2D eigenvalue weighted by atomic mass is 16.6. The van der Waals surface area contributed by atoms with E-state index in [0.29, 0.717) is 16.6 Å². The number of fused-ring (bicyclic) bond motifs is 1. The van der Waals surface area contributed by atoms with E-state index >= 15 is 0 Å². The van der Waals surface area contributed by atoms with E-state index in [0.717, 1.165) is 4.68 Å². The van der Waals surface area contributed by atoms with Crippen LogP contribution in [-0.2, 0) is 4.74 Å². The lowest BCUT2D eigenvalue weighted by atomic mass is 9.79. The van der Waals surface area contributed by atoms with E-state index < -0.39 is 18.8 Å². The van der Waals surface area contributed by atoms with Crippen molar-refractivity contribution < 1.29 is 19.6 Å². The summed E-state index contributed by atoms with van der Waals surface area (Å²) in [6, 6.07) is 4.99. The van der Waals surface area contributed by atoms with Crippen molar-refractivity contribution in [2.24, 2.45) is 0 Å². The van der Waals surface area contributed by atoms with Crippen molar-refractivity contribution in [2.75, 3.05) is 0 Å². The first kappa shape index (κ1) is 14.6. The largest absolute Gasteiger partial charge is 0.490 e. The van der Waals surface area contributed by atoms with Gasteiger partial charge < -0.3 is 14.8 Å². The number of benzene rings is 1. The molecule has 0 amide bonds. The van der Waals surface area contributed by atoms with Gasteiger partial charge in [-0.2, -0.15) is 9.78 Å². The predicted octanol–water partition coefficient (Wildman–Crippen LogP) is 0.808. The maximum Gasteiger partial charge on any atom is 0.490 e. The number of ether oxygens (including phenoxy) is 1. The number of carbonyl (C=O) groups excluding carboxylic acids is 1. The van der Waals surface area contributed by atoms with Gasteiger partial charge in [0.05, 0.1) is 11.2 Å². The van der Waals surface area contributed by atoms with Crippen LogP contribution in [0.4, 0.5) is 4.79 Å². The van der Waals surface area contributed by atoms with E-state index in [2.05, 4.69) is 5.10 Å². The molecule has 1 aromatic carbocycles. The van der Waals surface area contributed by atoms with E-state index in [-0.39, 0.29) is 5.46 Å². The van der Waals surface area contributed by atoms with Gasteiger partial charge in [0.15, 0.2) is 0 Å². The summed E-state index contributed by atoms with van der Waals surface area (Å²) in [7, 11) is -1.68. The van der Waals surface area contributed by atoms with Crippen LogP contribution >= 0.6 is 0 Å². The summed E-state index contributed by atoms with van der Waals surface area (Å²) in [6.07, 6.45) is -0.649. The highest BCUT2D eigenvalue weighted by molar-refractivity contribution is 6.61. The minimum absolute atomic E-state index is 0.217. The van der Waals surface area contributed by atoms with Crippen molar-refractivity contribution in [3.05, 3.63) is 23.9 Å². The van der Waals surface area contributed by atoms with Crippen LogP contribution < -0.4 is 5.46 Å². The van der Waals surface area contributed by atoms with Gasteiger partial charge >= 0.3 is 13.2 Å². The van der Waals surface area contributed by atoms with Crippen LogP contribution in [0.2, 0.25) is 0 Å². The van der Waals surface area contributed by atoms with Crippen LogP contribution in [0.25, 0.3) is 10.9 Å². The van der Waals surface area contributed by atoms with Crippen LogP contribution in [0.3, 0.4) is 0 Å². The minimum Gasteiger partial charge on any atom is -0.442 e. The third-order valence-electron chi connectivity index (χ3n) is 2.76. The summed E-state index contributed by atoms with van der Waals surface area (Å²) in [6.45, 7) is 7.01. The molecule has 0 bridgehead atoms. The molecule has 7 heteroatoms. The molecule has 1 heterocycles. The zero-order valence-corrected chi connectivity index (χ0v) is 11.9. The smallest absolute Gasteiger partial charge is 0.442 e. The topological polar surface area (TPSA) is 84.6 Å². The normalized spacial score (nSPS) is 11.7. The second kappa shape index (κ2) is 4.92. The lowest BCUT2D eigenvalue weighted by Crippen LogP contribution is -2.34. The highest BCUT2D eigenvalue weighted by Gasteiger charge is 2.25. The quantitative estimate of drug-likeness (QED) is 0.753. The van der Waals surface area contributed by atoms with Crippen molar-refractivity contribution in [3.63, 3.8) is 0 Å². The number of hydrogen-bond acceptors (Lipinski definition) is 5. The highest BCUT2D eigenvalue weighted by Crippen LogP contribution is 2.18. The Kier molecular flexibility index (Phi) is 3.58. The average molecular weight is 276 g/mol. The molecule has 20 heavy (non-hydrogen) atoms. The van der Waals surface area contributed by atoms with Gasteiger partial charge in [0.25, 0.3) is 0 Å². The fourth-order valence-electron chi connectivity index (χ4n) is 1.99. The van der Waals surface area contributed by atoms with Crippen LogP contribution in [0.15, 0.2) is 18.2 Å². The van der Waals surface area contributed by atoms with Gasteiger partial charge in [0.1, 0.15) is 5.60 Å². The fraction of sp³-hybridized carbons (Fsp3) is 0.385. The molecule has 2 aromatic rings. The van der Waals surface area contributed by atoms with Gasteiger partial charge in [0.2, 0.25) is 0 Å². The molecular weight excluding hydrogens is 259 g/mol. The van der Waals surface area contributed by atoms with E-state index in [1.165, 1.54) is 6.07 Å². The Morgan fingerprint density at radius 3 is 2.55 bits per heavy atom. The number of aryl methyl sites for hydroxylation is 1. The summed E-state index contributed by atoms with van der Waals surface area (Å²) >= 11 is 0. The molecular formula is C13H17BN2O4. The van der Waals surface area contributed by atoms with E-state index in [1.54, 1.807) is 39.8 Å². The second-order valence-corrected chi connectivity index (χ2v) is 5.59. The Bertz CT molecular complexity index is 658. The van der Waals surface area contributed by atoms with Gasteiger partial charge in [-0.3, -0.25) is 0 Å². The molecule has 0 atom stereocenters. The number of para-hydroxylation sites is 1. The number of rotatable bonds is 1. The molecule has 106 valence electrons. The first-order valence-electron chi connectivity index (χ1n) is 6.28. The lowest BCUT2D eigenvalue weighted by Gasteiger charge is -2.19. The zero-order chi connectivity index (χ0) is 15.1. The summed E-state index contributed by atoms with van der Waals surface area (Å²) < 4.78 is 6.35. The van der Waals surface area contributed by atoms with Crippen molar-refractivity contribution in [1.82, 2.24) is 9.78 Å². The first-order chi connectivity index (χ1) is 9.20. The van der Waals surface area contributed by atoms with E-state index in [4.69, 9.17) is 4.74 Å². The molecule has 0 aliphatic heterocycles. The maximum absolute atomic E-state index is 12.2. The number of nitrogens with zero attached hydrogens (tertiary/aromatic N) is 2. The molecule has 2 rings (SSSR count). The number of carbonyl (C=O) groups is 1. The van der Waals surface area contributed by atoms with Crippen molar-refractivity contribution in [2.45, 2.75) is 33.3 Å². The van der Waals surface area contributed by atoms with E-state index in [1.807, 2.05) is 0 Å². The van der Waals surface area contributed by atoms with Crippen LogP contribution in [0.1, 0.15) is 26.5 Å². The summed E-state index contributed by atoms with van der Waals surface area (Å²) in [5.74, 6) is 0. The third kappa shape index (κ3) is 2.68. The number of hydrogen-bond donors (Lipinski definition) is 2. The van der Waals surface area contributed by atoms with E-state index in [9.17, 15) is 14.8 Å². The maximum atomic E-state index is 12.2. The third-order valence-corrected chi connectivity index (χ3v) is 2.76. The van der Waals surface area contributed by atoms with Crippen LogP contribution in [0, 0.1) is 6.92 Å². The Labute approximate surface area is 117 Å². The average Bonchev–Trinajstić information content (AvgIpc) is 2.65. The second-order valence-electron chi connectivity index (χ2n) is 5.59. The Morgan fingerprint density at radius 1 is 1.35 bits per heavy atom. The fourth-order valence-corrected chi connectivity index (χ4v) is 1.99. The van der Waals surface area contributed by atoms with Crippen molar-refractivity contribution in [1.29, 1.82) is 0 Å². The van der Waals surface area contributed by atoms with Crippen LogP contribution in [0.5, 0.6) is 0 Å². The molecule has 0 unspecified atom stereocenters. The minimum atomic E-state index is -1.68. The standard InChI is InChI=1S/C13H17BN2O4/c1-8-9-6-5-7-10(14(18)19)11(9)16(15-8)12(17)20-13(2,3)4/h5-7,18-19H,1-4H3. The molecule has 0 fully saturated rings. The SMILES string of the molecule is Cc1nn(C(=O)OC(C)(C)C)c2c(B(O)O)cccc12. The molecule has 2 N–H and O–H groups in total.